The van der Waals surface area contributed by atoms with Crippen LogP contribution in [0.1, 0.15) is 17.0 Å². The lowest BCUT2D eigenvalue weighted by molar-refractivity contribution is 0.304. The highest BCUT2D eigenvalue weighted by atomic mass is 16.5. The number of rotatable bonds is 6. The van der Waals surface area contributed by atoms with Crippen molar-refractivity contribution in [3.63, 3.8) is 0 Å². The number of hydrogen-bond donors (Lipinski definition) is 0. The number of ether oxygens (including phenoxy) is 2. The highest BCUT2D eigenvalue weighted by Crippen LogP contribution is 2.33. The molecule has 0 saturated carbocycles. The van der Waals surface area contributed by atoms with E-state index in [1.807, 2.05) is 60.8 Å². The maximum atomic E-state index is 5.92. The van der Waals surface area contributed by atoms with Crippen molar-refractivity contribution in [1.82, 2.24) is 9.55 Å². The fraction of sp³-hybridized carbons (Fsp3) is 0.160. The highest BCUT2D eigenvalue weighted by Gasteiger charge is 2.11. The molecule has 0 spiro atoms. The smallest absolute Gasteiger partial charge is 0.131 e. The summed E-state index contributed by atoms with van der Waals surface area (Å²) in [4.78, 5) is 4.68. The van der Waals surface area contributed by atoms with Crippen LogP contribution in [-0.4, -0.2) is 16.7 Å². The number of hydrogen-bond acceptors (Lipinski definition) is 3. The normalized spacial score (nSPS) is 10.7. The maximum Gasteiger partial charge on any atom is 0.131 e. The van der Waals surface area contributed by atoms with Gasteiger partial charge in [-0.2, -0.15) is 0 Å². The average molecular weight is 384 g/mol. The van der Waals surface area contributed by atoms with Gasteiger partial charge in [-0.15, -0.1) is 0 Å². The van der Waals surface area contributed by atoms with Crippen LogP contribution in [0.25, 0.3) is 16.9 Å². The minimum absolute atomic E-state index is 0.520. The van der Waals surface area contributed by atoms with Crippen molar-refractivity contribution in [2.45, 2.75) is 20.5 Å². The summed E-state index contributed by atoms with van der Waals surface area (Å²) in [6.45, 7) is 4.71. The van der Waals surface area contributed by atoms with Gasteiger partial charge in [-0.05, 0) is 55.8 Å². The second-order valence-electron chi connectivity index (χ2n) is 6.99. The molecule has 0 unspecified atom stereocenters. The van der Waals surface area contributed by atoms with E-state index in [1.165, 1.54) is 11.4 Å². The molecule has 0 bridgehead atoms. The van der Waals surface area contributed by atoms with E-state index in [0.717, 1.165) is 34.0 Å². The highest BCUT2D eigenvalue weighted by molar-refractivity contribution is 5.69. The van der Waals surface area contributed by atoms with E-state index in [1.54, 1.807) is 7.11 Å². The third-order valence-corrected chi connectivity index (χ3v) is 4.97. The molecule has 0 aliphatic rings. The van der Waals surface area contributed by atoms with Crippen molar-refractivity contribution in [2.24, 2.45) is 0 Å². The Morgan fingerprint density at radius 1 is 0.862 bits per heavy atom. The molecule has 0 amide bonds. The van der Waals surface area contributed by atoms with Crippen LogP contribution in [0.15, 0.2) is 79.0 Å². The first-order chi connectivity index (χ1) is 14.2. The summed E-state index contributed by atoms with van der Waals surface area (Å²) in [5.74, 6) is 1.51. The van der Waals surface area contributed by atoms with Gasteiger partial charge in [0.05, 0.1) is 24.7 Å². The quantitative estimate of drug-likeness (QED) is 0.425. The van der Waals surface area contributed by atoms with Gasteiger partial charge in [-0.3, -0.25) is 4.98 Å². The monoisotopic (exact) mass is 384 g/mol. The molecule has 4 aromatic rings. The first-order valence-corrected chi connectivity index (χ1v) is 9.62. The zero-order valence-corrected chi connectivity index (χ0v) is 16.9. The number of aryl methyl sites for hydroxylation is 2. The van der Waals surface area contributed by atoms with E-state index in [-0.39, 0.29) is 0 Å². The van der Waals surface area contributed by atoms with Crippen molar-refractivity contribution < 1.29 is 9.47 Å². The van der Waals surface area contributed by atoms with E-state index < -0.39 is 0 Å². The third kappa shape index (κ3) is 4.02. The molecule has 4 nitrogen and oxygen atoms in total. The van der Waals surface area contributed by atoms with E-state index in [2.05, 4.69) is 41.6 Å². The largest absolute Gasteiger partial charge is 0.496 e. The van der Waals surface area contributed by atoms with Gasteiger partial charge in [0.2, 0.25) is 0 Å². The van der Waals surface area contributed by atoms with Crippen LogP contribution in [0.4, 0.5) is 0 Å². The fourth-order valence-electron chi connectivity index (χ4n) is 3.47. The van der Waals surface area contributed by atoms with Crippen LogP contribution in [0.2, 0.25) is 0 Å². The molecule has 0 atom stereocenters. The van der Waals surface area contributed by atoms with Gasteiger partial charge in [0, 0.05) is 23.0 Å². The molecule has 0 N–H and O–H groups in total. The van der Waals surface area contributed by atoms with Crippen LogP contribution < -0.4 is 9.47 Å². The van der Waals surface area contributed by atoms with Gasteiger partial charge in [-0.25, -0.2) is 0 Å². The Bertz CT molecular complexity index is 1080. The summed E-state index contributed by atoms with van der Waals surface area (Å²) in [6.07, 6.45) is 1.90. The van der Waals surface area contributed by atoms with Crippen molar-refractivity contribution in [3.05, 3.63) is 95.9 Å². The van der Waals surface area contributed by atoms with Crippen LogP contribution in [-0.2, 0) is 6.61 Å². The standard InChI is InChI=1S/C25H24N2O2/c1-18-9-10-19(2)27(18)21-11-14-24(26-16-21)23-13-12-22(15-25(23)28-3)29-17-20-7-5-4-6-8-20/h4-16H,17H2,1-3H3. The second-order valence-corrected chi connectivity index (χ2v) is 6.99. The van der Waals surface area contributed by atoms with Crippen LogP contribution >= 0.6 is 0 Å². The zero-order valence-electron chi connectivity index (χ0n) is 16.9. The van der Waals surface area contributed by atoms with Gasteiger partial charge < -0.3 is 14.0 Å². The Hall–Kier alpha value is -3.53. The summed E-state index contributed by atoms with van der Waals surface area (Å²) >= 11 is 0. The number of nitrogens with zero attached hydrogens (tertiary/aromatic N) is 2. The molecule has 0 fully saturated rings. The fourth-order valence-corrected chi connectivity index (χ4v) is 3.47. The molecule has 0 aliphatic heterocycles. The van der Waals surface area contributed by atoms with Crippen LogP contribution in [0, 0.1) is 13.8 Å². The van der Waals surface area contributed by atoms with Gasteiger partial charge in [0.1, 0.15) is 18.1 Å². The third-order valence-electron chi connectivity index (χ3n) is 4.97. The van der Waals surface area contributed by atoms with Crippen molar-refractivity contribution in [3.8, 4) is 28.4 Å². The Morgan fingerprint density at radius 3 is 2.28 bits per heavy atom. The Balaban J connectivity index is 1.56. The molecule has 2 heterocycles. The van der Waals surface area contributed by atoms with Crippen molar-refractivity contribution >= 4 is 0 Å². The van der Waals surface area contributed by atoms with Crippen LogP contribution in [0.5, 0.6) is 11.5 Å². The first-order valence-electron chi connectivity index (χ1n) is 9.62. The molecular weight excluding hydrogens is 360 g/mol. The van der Waals surface area contributed by atoms with Gasteiger partial charge >= 0.3 is 0 Å². The van der Waals surface area contributed by atoms with E-state index in [0.29, 0.717) is 6.61 Å². The SMILES string of the molecule is COc1cc(OCc2ccccc2)ccc1-c1ccc(-n2c(C)ccc2C)cn1. The van der Waals surface area contributed by atoms with Crippen molar-refractivity contribution in [2.75, 3.05) is 7.11 Å². The van der Waals surface area contributed by atoms with E-state index in [9.17, 15) is 0 Å². The molecule has 0 radical (unpaired) electrons. The molecule has 0 saturated heterocycles. The number of pyridine rings is 1. The Morgan fingerprint density at radius 2 is 1.62 bits per heavy atom. The number of methoxy groups -OCH3 is 1. The molecule has 146 valence electrons. The summed E-state index contributed by atoms with van der Waals surface area (Å²) in [5, 5.41) is 0. The molecule has 29 heavy (non-hydrogen) atoms. The van der Waals surface area contributed by atoms with Gasteiger partial charge in [-0.1, -0.05) is 30.3 Å². The molecule has 2 aromatic carbocycles. The number of aromatic nitrogens is 2. The lowest BCUT2D eigenvalue weighted by atomic mass is 10.1. The first kappa shape index (κ1) is 18.8. The van der Waals surface area contributed by atoms with E-state index in [4.69, 9.17) is 9.47 Å². The van der Waals surface area contributed by atoms with Gasteiger partial charge in [0.25, 0.3) is 0 Å². The van der Waals surface area contributed by atoms with Crippen LogP contribution in [0.3, 0.4) is 0 Å². The second kappa shape index (κ2) is 8.23. The minimum Gasteiger partial charge on any atom is -0.496 e. The summed E-state index contributed by atoms with van der Waals surface area (Å²) < 4.78 is 13.7. The summed E-state index contributed by atoms with van der Waals surface area (Å²) in [6, 6.07) is 24.3. The topological polar surface area (TPSA) is 36.3 Å². The number of benzene rings is 2. The Labute approximate surface area is 171 Å². The lowest BCUT2D eigenvalue weighted by Crippen LogP contribution is -2.00. The van der Waals surface area contributed by atoms with Gasteiger partial charge in [0.15, 0.2) is 0 Å². The summed E-state index contributed by atoms with van der Waals surface area (Å²) in [5.41, 5.74) is 6.36. The lowest BCUT2D eigenvalue weighted by Gasteiger charge is -2.13. The van der Waals surface area contributed by atoms with E-state index >= 15 is 0 Å². The molecule has 0 aliphatic carbocycles. The Kier molecular flexibility index (Phi) is 5.34. The maximum absolute atomic E-state index is 5.92. The average Bonchev–Trinajstić information content (AvgIpc) is 3.11. The molecule has 4 rings (SSSR count). The molecule has 2 aromatic heterocycles. The molecule has 4 heteroatoms. The van der Waals surface area contributed by atoms with Crippen molar-refractivity contribution in [1.29, 1.82) is 0 Å². The predicted molar refractivity (Wildman–Crippen MR) is 116 cm³/mol. The molecular formula is C25H24N2O2. The minimum atomic E-state index is 0.520. The predicted octanol–water partition coefficient (Wildman–Crippen LogP) is 5.74. The zero-order chi connectivity index (χ0) is 20.2. The summed E-state index contributed by atoms with van der Waals surface area (Å²) in [7, 11) is 1.67.